The number of rotatable bonds is 9. The van der Waals surface area contributed by atoms with Crippen molar-refractivity contribution < 1.29 is 4.79 Å². The lowest BCUT2D eigenvalue weighted by Gasteiger charge is -2.31. The van der Waals surface area contributed by atoms with E-state index in [1.54, 1.807) is 0 Å². The van der Waals surface area contributed by atoms with Gasteiger partial charge in [0.2, 0.25) is 5.91 Å². The van der Waals surface area contributed by atoms with Crippen molar-refractivity contribution in [2.24, 2.45) is 0 Å². The molecule has 1 aliphatic carbocycles. The van der Waals surface area contributed by atoms with Gasteiger partial charge in [-0.15, -0.1) is 0 Å². The third-order valence-corrected chi connectivity index (χ3v) is 7.02. The van der Waals surface area contributed by atoms with Crippen molar-refractivity contribution in [2.45, 2.75) is 83.3 Å². The van der Waals surface area contributed by atoms with Gasteiger partial charge in [-0.3, -0.25) is 4.79 Å². The predicted molar refractivity (Wildman–Crippen MR) is 130 cm³/mol. The van der Waals surface area contributed by atoms with Gasteiger partial charge in [0.25, 0.3) is 0 Å². The van der Waals surface area contributed by atoms with Gasteiger partial charge in [0.15, 0.2) is 5.82 Å². The Labute approximate surface area is 192 Å². The fourth-order valence-corrected chi connectivity index (χ4v) is 5.20. The molecule has 2 aliphatic rings. The molecule has 1 aliphatic heterocycles. The second-order valence-electron chi connectivity index (χ2n) is 10.2. The summed E-state index contributed by atoms with van der Waals surface area (Å²) in [7, 11) is 0. The predicted octanol–water partition coefficient (Wildman–Crippen LogP) is 3.97. The van der Waals surface area contributed by atoms with Gasteiger partial charge < -0.3 is 20.1 Å². The Kier molecular flexibility index (Phi) is 7.31. The number of carbonyl (C=O) groups excluding carboxylic acids is 1. The molecule has 1 unspecified atom stereocenters. The molecule has 2 aromatic rings. The Hall–Kier alpha value is -2.18. The minimum absolute atomic E-state index is 0.0216. The molecule has 1 fully saturated rings. The number of fused-ring (bicyclic) bond motifs is 1. The molecule has 2 heterocycles. The highest BCUT2D eigenvalue weighted by molar-refractivity contribution is 5.94. The minimum Gasteiger partial charge on any atom is -0.328 e. The van der Waals surface area contributed by atoms with Crippen LogP contribution in [0.4, 0.5) is 5.82 Å². The molecule has 1 amide bonds. The number of aryl methyl sites for hydroxylation is 1. The molecule has 6 nitrogen and oxygen atoms in total. The fraction of sp³-hybridized carbons (Fsp3) is 0.615. The second-order valence-corrected chi connectivity index (χ2v) is 10.2. The molecule has 174 valence electrons. The summed E-state index contributed by atoms with van der Waals surface area (Å²) in [6.45, 7) is 9.96. The van der Waals surface area contributed by atoms with Gasteiger partial charge in [-0.05, 0) is 76.6 Å². The Bertz CT molecular complexity index is 899. The lowest BCUT2D eigenvalue weighted by atomic mass is 9.88. The maximum Gasteiger partial charge on any atom is 0.242 e. The lowest BCUT2D eigenvalue weighted by Crippen LogP contribution is -2.47. The van der Waals surface area contributed by atoms with Gasteiger partial charge >= 0.3 is 0 Å². The van der Waals surface area contributed by atoms with Crippen LogP contribution in [0.2, 0.25) is 0 Å². The van der Waals surface area contributed by atoms with Gasteiger partial charge in [0.1, 0.15) is 0 Å². The third kappa shape index (κ3) is 5.59. The first kappa shape index (κ1) is 23.0. The molecular formula is C26H39N5O. The summed E-state index contributed by atoms with van der Waals surface area (Å²) in [6.07, 6.45) is 11.3. The van der Waals surface area contributed by atoms with E-state index in [-0.39, 0.29) is 17.5 Å². The van der Waals surface area contributed by atoms with E-state index in [0.717, 1.165) is 38.6 Å². The molecule has 0 radical (unpaired) electrons. The summed E-state index contributed by atoms with van der Waals surface area (Å²) >= 11 is 0. The van der Waals surface area contributed by atoms with Crippen LogP contribution in [0.15, 0.2) is 36.8 Å². The molecule has 32 heavy (non-hydrogen) atoms. The van der Waals surface area contributed by atoms with Gasteiger partial charge in [-0.25, -0.2) is 4.98 Å². The average Bonchev–Trinajstić information content (AvgIpc) is 3.45. The van der Waals surface area contributed by atoms with Crippen molar-refractivity contribution >= 4 is 11.7 Å². The Morgan fingerprint density at radius 3 is 2.72 bits per heavy atom. The van der Waals surface area contributed by atoms with Crippen LogP contribution < -0.4 is 10.6 Å². The number of amides is 1. The summed E-state index contributed by atoms with van der Waals surface area (Å²) < 4.78 is 2.14. The van der Waals surface area contributed by atoms with Crippen molar-refractivity contribution in [3.8, 4) is 0 Å². The summed E-state index contributed by atoms with van der Waals surface area (Å²) in [5.41, 5.74) is 2.80. The maximum atomic E-state index is 13.1. The zero-order valence-electron chi connectivity index (χ0n) is 19.9. The van der Waals surface area contributed by atoms with Crippen LogP contribution in [0.5, 0.6) is 0 Å². The summed E-state index contributed by atoms with van der Waals surface area (Å²) in [6, 6.07) is 8.81. The molecule has 1 saturated heterocycles. The molecule has 0 spiro atoms. The van der Waals surface area contributed by atoms with Crippen molar-refractivity contribution in [3.63, 3.8) is 0 Å². The van der Waals surface area contributed by atoms with Crippen LogP contribution in [0.3, 0.4) is 0 Å². The van der Waals surface area contributed by atoms with E-state index in [0.29, 0.717) is 11.9 Å². The molecule has 4 rings (SSSR count). The summed E-state index contributed by atoms with van der Waals surface area (Å²) in [5.74, 6) is 0.662. The van der Waals surface area contributed by atoms with Gasteiger partial charge in [0.05, 0.1) is 17.9 Å². The average molecular weight is 438 g/mol. The van der Waals surface area contributed by atoms with E-state index in [4.69, 9.17) is 0 Å². The van der Waals surface area contributed by atoms with Crippen LogP contribution in [-0.2, 0) is 23.2 Å². The largest absolute Gasteiger partial charge is 0.328 e. The van der Waals surface area contributed by atoms with Crippen molar-refractivity contribution in [2.75, 3.05) is 25.0 Å². The normalized spacial score (nSPS) is 20.2. The van der Waals surface area contributed by atoms with Gasteiger partial charge in [0, 0.05) is 18.8 Å². The molecule has 0 bridgehead atoms. The number of imidazole rings is 1. The van der Waals surface area contributed by atoms with Gasteiger partial charge in [-0.1, -0.05) is 37.6 Å². The van der Waals surface area contributed by atoms with Crippen molar-refractivity contribution in [3.05, 3.63) is 47.9 Å². The van der Waals surface area contributed by atoms with Crippen LogP contribution in [0, 0.1) is 0 Å². The lowest BCUT2D eigenvalue weighted by molar-refractivity contribution is -0.118. The SMILES string of the molecule is CCC[C@H](NC1CCc2ccccc2C1)C(=O)Nc1cn(C(C)(C)CN2CCCC2)cn1. The molecular weight excluding hydrogens is 398 g/mol. The molecule has 1 aromatic carbocycles. The van der Waals surface area contributed by atoms with E-state index < -0.39 is 0 Å². The highest BCUT2D eigenvalue weighted by Gasteiger charge is 2.27. The molecule has 6 heteroatoms. The first-order chi connectivity index (χ1) is 15.4. The zero-order valence-corrected chi connectivity index (χ0v) is 19.9. The molecule has 2 atom stereocenters. The highest BCUT2D eigenvalue weighted by Crippen LogP contribution is 2.23. The number of aromatic nitrogens is 2. The molecule has 2 N–H and O–H groups in total. The first-order valence-electron chi connectivity index (χ1n) is 12.3. The standard InChI is InChI=1S/C26H39N5O/c1-4-9-23(28-22-13-12-20-10-5-6-11-21(20)16-22)25(32)29-24-17-31(19-27-24)26(2,3)18-30-14-7-8-15-30/h5-6,10-11,17,19,22-23,28H,4,7-9,12-16,18H2,1-3H3,(H,29,32)/t22?,23-/m0/s1. The minimum atomic E-state index is -0.196. The number of anilines is 1. The summed E-state index contributed by atoms with van der Waals surface area (Å²) in [4.78, 5) is 20.1. The highest BCUT2D eigenvalue weighted by atomic mass is 16.2. The van der Waals surface area contributed by atoms with Crippen LogP contribution in [-0.4, -0.2) is 52.1 Å². The van der Waals surface area contributed by atoms with Crippen LogP contribution in [0.25, 0.3) is 0 Å². The van der Waals surface area contributed by atoms with E-state index in [2.05, 4.69) is 70.1 Å². The summed E-state index contributed by atoms with van der Waals surface area (Å²) in [5, 5.41) is 6.72. The quantitative estimate of drug-likeness (QED) is 0.623. The number of hydrogen-bond donors (Lipinski definition) is 2. The van der Waals surface area contributed by atoms with E-state index >= 15 is 0 Å². The number of benzene rings is 1. The van der Waals surface area contributed by atoms with Crippen LogP contribution in [0.1, 0.15) is 64.0 Å². The zero-order chi connectivity index (χ0) is 22.6. The number of nitrogens with zero attached hydrogens (tertiary/aromatic N) is 3. The number of carbonyl (C=O) groups is 1. The van der Waals surface area contributed by atoms with Crippen LogP contribution >= 0.6 is 0 Å². The van der Waals surface area contributed by atoms with E-state index in [1.165, 1.54) is 37.1 Å². The molecule has 1 aromatic heterocycles. The van der Waals surface area contributed by atoms with Crippen molar-refractivity contribution in [1.29, 1.82) is 0 Å². The monoisotopic (exact) mass is 437 g/mol. The van der Waals surface area contributed by atoms with E-state index in [9.17, 15) is 4.79 Å². The Morgan fingerprint density at radius 2 is 1.97 bits per heavy atom. The first-order valence-corrected chi connectivity index (χ1v) is 12.3. The second kappa shape index (κ2) is 10.2. The maximum absolute atomic E-state index is 13.1. The smallest absolute Gasteiger partial charge is 0.242 e. The number of nitrogens with one attached hydrogen (secondary N) is 2. The Balaban J connectivity index is 1.36. The fourth-order valence-electron chi connectivity index (χ4n) is 5.20. The third-order valence-electron chi connectivity index (χ3n) is 7.02. The number of hydrogen-bond acceptors (Lipinski definition) is 4. The molecule has 0 saturated carbocycles. The Morgan fingerprint density at radius 1 is 1.22 bits per heavy atom. The van der Waals surface area contributed by atoms with E-state index in [1.807, 2.05) is 12.5 Å². The van der Waals surface area contributed by atoms with Crippen molar-refractivity contribution in [1.82, 2.24) is 19.8 Å². The van der Waals surface area contributed by atoms with Gasteiger partial charge in [-0.2, -0.15) is 0 Å². The number of likely N-dealkylation sites (tertiary alicyclic amines) is 1. The topological polar surface area (TPSA) is 62.2 Å².